The number of hydrogen-bond acceptors (Lipinski definition) is 1. The summed E-state index contributed by atoms with van der Waals surface area (Å²) in [6.45, 7) is 3.69. The van der Waals surface area contributed by atoms with Gasteiger partial charge >= 0.3 is 0 Å². The van der Waals surface area contributed by atoms with Crippen LogP contribution in [0.3, 0.4) is 0 Å². The van der Waals surface area contributed by atoms with Crippen molar-refractivity contribution < 1.29 is 4.79 Å². The molecule has 0 aliphatic rings. The number of ketones is 1. The first kappa shape index (κ1) is 9.71. The smallest absolute Gasteiger partial charge is 0.160 e. The van der Waals surface area contributed by atoms with Gasteiger partial charge < -0.3 is 0 Å². The molecule has 0 aliphatic heterocycles. The van der Waals surface area contributed by atoms with Gasteiger partial charge in [0.05, 0.1) is 0 Å². The van der Waals surface area contributed by atoms with E-state index in [1.54, 1.807) is 6.92 Å². The Labute approximate surface area is 86.3 Å². The maximum Gasteiger partial charge on any atom is 0.160 e. The fourth-order valence-electron chi connectivity index (χ4n) is 1.25. The third-order valence-electron chi connectivity index (χ3n) is 1.85. The SMILES string of the molecule is CCc1c(I)cccc1C(C)=O. The Bertz CT molecular complexity index is 305. The van der Waals surface area contributed by atoms with Crippen LogP contribution in [0.25, 0.3) is 0 Å². The quantitative estimate of drug-likeness (QED) is 0.598. The lowest BCUT2D eigenvalue weighted by atomic mass is 10.0. The third kappa shape index (κ3) is 1.86. The van der Waals surface area contributed by atoms with Gasteiger partial charge in [-0.3, -0.25) is 4.79 Å². The Morgan fingerprint density at radius 3 is 2.58 bits per heavy atom. The normalized spacial score (nSPS) is 9.92. The van der Waals surface area contributed by atoms with E-state index in [1.807, 2.05) is 18.2 Å². The molecule has 12 heavy (non-hydrogen) atoms. The van der Waals surface area contributed by atoms with Gasteiger partial charge in [-0.1, -0.05) is 19.1 Å². The highest BCUT2D eigenvalue weighted by Gasteiger charge is 2.07. The second-order valence-corrected chi connectivity index (χ2v) is 3.84. The van der Waals surface area contributed by atoms with E-state index in [0.717, 1.165) is 12.0 Å². The Balaban J connectivity index is 3.27. The first-order valence-corrected chi connectivity index (χ1v) is 5.03. The van der Waals surface area contributed by atoms with Crippen LogP contribution in [0.15, 0.2) is 18.2 Å². The second kappa shape index (κ2) is 4.03. The molecule has 0 fully saturated rings. The highest BCUT2D eigenvalue weighted by Crippen LogP contribution is 2.17. The Kier molecular flexibility index (Phi) is 3.26. The number of benzene rings is 1. The average molecular weight is 274 g/mol. The molecule has 0 heterocycles. The Hall–Kier alpha value is -0.380. The summed E-state index contributed by atoms with van der Waals surface area (Å²) in [5, 5.41) is 0. The van der Waals surface area contributed by atoms with Crippen molar-refractivity contribution in [2.45, 2.75) is 20.3 Å². The minimum Gasteiger partial charge on any atom is -0.295 e. The summed E-state index contributed by atoms with van der Waals surface area (Å²) in [5.74, 6) is 0.158. The number of rotatable bonds is 2. The van der Waals surface area contributed by atoms with E-state index in [-0.39, 0.29) is 5.78 Å². The third-order valence-corrected chi connectivity index (χ3v) is 2.86. The molecule has 0 unspecified atom stereocenters. The maximum atomic E-state index is 11.2. The number of carbonyl (C=O) groups excluding carboxylic acids is 1. The standard InChI is InChI=1S/C10H11IO/c1-3-8-9(7(2)12)5-4-6-10(8)11/h4-6H,3H2,1-2H3. The van der Waals surface area contributed by atoms with Gasteiger partial charge in [-0.05, 0) is 47.6 Å². The van der Waals surface area contributed by atoms with Crippen molar-refractivity contribution in [2.24, 2.45) is 0 Å². The molecule has 0 bridgehead atoms. The molecule has 1 aromatic rings. The number of carbonyl (C=O) groups is 1. The molecule has 0 saturated heterocycles. The van der Waals surface area contributed by atoms with Gasteiger partial charge in [-0.25, -0.2) is 0 Å². The van der Waals surface area contributed by atoms with Crippen LogP contribution in [-0.2, 0) is 6.42 Å². The molecule has 0 atom stereocenters. The monoisotopic (exact) mass is 274 g/mol. The fraction of sp³-hybridized carbons (Fsp3) is 0.300. The maximum absolute atomic E-state index is 11.2. The molecule has 0 N–H and O–H groups in total. The highest BCUT2D eigenvalue weighted by atomic mass is 127. The molecule has 1 nitrogen and oxygen atoms in total. The minimum absolute atomic E-state index is 0.158. The summed E-state index contributed by atoms with van der Waals surface area (Å²) in [5.41, 5.74) is 2.04. The van der Waals surface area contributed by atoms with Gasteiger partial charge in [0.25, 0.3) is 0 Å². The van der Waals surface area contributed by atoms with Crippen LogP contribution in [0.5, 0.6) is 0 Å². The molecule has 0 amide bonds. The van der Waals surface area contributed by atoms with Crippen LogP contribution in [0.2, 0.25) is 0 Å². The van der Waals surface area contributed by atoms with Crippen LogP contribution in [0, 0.1) is 3.57 Å². The number of halogens is 1. The lowest BCUT2D eigenvalue weighted by Gasteiger charge is -2.05. The van der Waals surface area contributed by atoms with Gasteiger partial charge in [0.1, 0.15) is 0 Å². The summed E-state index contributed by atoms with van der Waals surface area (Å²) in [7, 11) is 0. The van der Waals surface area contributed by atoms with Crippen LogP contribution in [-0.4, -0.2) is 5.78 Å². The van der Waals surface area contributed by atoms with E-state index in [2.05, 4.69) is 29.5 Å². The van der Waals surface area contributed by atoms with Crippen molar-refractivity contribution in [2.75, 3.05) is 0 Å². The molecular formula is C10H11IO. The zero-order valence-electron chi connectivity index (χ0n) is 7.23. The molecule has 1 aromatic carbocycles. The number of hydrogen-bond donors (Lipinski definition) is 0. The van der Waals surface area contributed by atoms with Crippen molar-refractivity contribution in [3.63, 3.8) is 0 Å². The van der Waals surface area contributed by atoms with Gasteiger partial charge in [-0.15, -0.1) is 0 Å². The van der Waals surface area contributed by atoms with Crippen LogP contribution >= 0.6 is 22.6 Å². The lowest BCUT2D eigenvalue weighted by molar-refractivity contribution is 0.101. The van der Waals surface area contributed by atoms with Crippen molar-refractivity contribution in [1.82, 2.24) is 0 Å². The highest BCUT2D eigenvalue weighted by molar-refractivity contribution is 14.1. The summed E-state index contributed by atoms with van der Waals surface area (Å²) in [6.07, 6.45) is 0.925. The first-order chi connectivity index (χ1) is 5.66. The Morgan fingerprint density at radius 1 is 1.50 bits per heavy atom. The largest absolute Gasteiger partial charge is 0.295 e. The zero-order chi connectivity index (χ0) is 9.14. The average Bonchev–Trinajstić information content (AvgIpc) is 2.03. The van der Waals surface area contributed by atoms with E-state index < -0.39 is 0 Å². The molecule has 64 valence electrons. The molecule has 0 spiro atoms. The van der Waals surface area contributed by atoms with E-state index >= 15 is 0 Å². The molecular weight excluding hydrogens is 263 g/mol. The summed E-state index contributed by atoms with van der Waals surface area (Å²) in [4.78, 5) is 11.2. The van der Waals surface area contributed by atoms with Crippen molar-refractivity contribution in [3.05, 3.63) is 32.9 Å². The summed E-state index contributed by atoms with van der Waals surface area (Å²) in [6, 6.07) is 5.85. The second-order valence-electron chi connectivity index (χ2n) is 2.68. The van der Waals surface area contributed by atoms with Crippen LogP contribution in [0.4, 0.5) is 0 Å². The Morgan fingerprint density at radius 2 is 2.17 bits per heavy atom. The zero-order valence-corrected chi connectivity index (χ0v) is 9.38. The van der Waals surface area contributed by atoms with Gasteiger partial charge in [-0.2, -0.15) is 0 Å². The molecule has 2 heteroatoms. The predicted molar refractivity (Wildman–Crippen MR) is 58.5 cm³/mol. The van der Waals surface area contributed by atoms with Crippen molar-refractivity contribution in [3.8, 4) is 0 Å². The number of Topliss-reactive ketones (excluding diaryl/α,β-unsaturated/α-hetero) is 1. The summed E-state index contributed by atoms with van der Waals surface area (Å²) < 4.78 is 1.18. The van der Waals surface area contributed by atoms with E-state index in [9.17, 15) is 4.79 Å². The molecule has 0 radical (unpaired) electrons. The van der Waals surface area contributed by atoms with Crippen molar-refractivity contribution >= 4 is 28.4 Å². The predicted octanol–water partition coefficient (Wildman–Crippen LogP) is 3.06. The van der Waals surface area contributed by atoms with E-state index in [4.69, 9.17) is 0 Å². The fourth-order valence-corrected chi connectivity index (χ4v) is 2.13. The molecule has 0 aromatic heterocycles. The first-order valence-electron chi connectivity index (χ1n) is 3.95. The van der Waals surface area contributed by atoms with E-state index in [0.29, 0.717) is 0 Å². The van der Waals surface area contributed by atoms with Gasteiger partial charge in [0.15, 0.2) is 5.78 Å². The summed E-state index contributed by atoms with van der Waals surface area (Å²) >= 11 is 2.27. The minimum atomic E-state index is 0.158. The molecule has 0 aliphatic carbocycles. The topological polar surface area (TPSA) is 17.1 Å². The van der Waals surface area contributed by atoms with Gasteiger partial charge in [0.2, 0.25) is 0 Å². The molecule has 0 saturated carbocycles. The van der Waals surface area contributed by atoms with Gasteiger partial charge in [0, 0.05) is 9.13 Å². The lowest BCUT2D eigenvalue weighted by Crippen LogP contribution is -2.00. The van der Waals surface area contributed by atoms with Crippen LogP contribution < -0.4 is 0 Å². The molecule has 1 rings (SSSR count). The van der Waals surface area contributed by atoms with E-state index in [1.165, 1.54) is 9.13 Å². The van der Waals surface area contributed by atoms with Crippen LogP contribution in [0.1, 0.15) is 29.8 Å². The van der Waals surface area contributed by atoms with Crippen molar-refractivity contribution in [1.29, 1.82) is 0 Å².